The summed E-state index contributed by atoms with van der Waals surface area (Å²) in [7, 11) is 0. The minimum atomic E-state index is 0.563. The highest BCUT2D eigenvalue weighted by Gasteiger charge is 2.21. The maximum atomic E-state index is 5.25. The van der Waals surface area contributed by atoms with Crippen LogP contribution in [0.3, 0.4) is 0 Å². The van der Waals surface area contributed by atoms with Gasteiger partial charge in [-0.05, 0) is 42.7 Å². The van der Waals surface area contributed by atoms with Gasteiger partial charge in [0.15, 0.2) is 0 Å². The molecule has 0 N–H and O–H groups in total. The molecule has 1 saturated heterocycles. The number of hydrogen-bond donors (Lipinski definition) is 0. The molecule has 0 bridgehead atoms. The highest BCUT2D eigenvalue weighted by atomic mass is 16.6. The Morgan fingerprint density at radius 2 is 1.71 bits per heavy atom. The third kappa shape index (κ3) is 3.10. The summed E-state index contributed by atoms with van der Waals surface area (Å²) in [5, 5.41) is 0. The lowest BCUT2D eigenvalue weighted by atomic mass is 9.84. The molecule has 0 radical (unpaired) electrons. The monoisotopic (exact) mass is 230 g/mol. The van der Waals surface area contributed by atoms with E-state index in [-0.39, 0.29) is 0 Å². The van der Waals surface area contributed by atoms with Gasteiger partial charge in [0.1, 0.15) is 0 Å². The zero-order valence-corrected chi connectivity index (χ0v) is 10.5. The fourth-order valence-electron chi connectivity index (χ4n) is 2.95. The molecule has 2 aliphatic rings. The van der Waals surface area contributed by atoms with E-state index in [0.717, 1.165) is 12.5 Å². The average Bonchev–Trinajstić information content (AvgIpc) is 3.22. The van der Waals surface area contributed by atoms with Crippen LogP contribution in [-0.2, 0) is 11.2 Å². The molecule has 92 valence electrons. The Morgan fingerprint density at radius 3 is 2.35 bits per heavy atom. The zero-order valence-electron chi connectivity index (χ0n) is 10.5. The first-order chi connectivity index (χ1) is 8.42. The first-order valence-corrected chi connectivity index (χ1v) is 7.12. The Morgan fingerprint density at radius 1 is 1.00 bits per heavy atom. The molecule has 1 atom stereocenters. The van der Waals surface area contributed by atoms with Crippen LogP contribution in [-0.4, -0.2) is 12.7 Å². The molecule has 1 heterocycles. The lowest BCUT2D eigenvalue weighted by Gasteiger charge is -2.22. The van der Waals surface area contributed by atoms with E-state index in [4.69, 9.17) is 4.74 Å². The summed E-state index contributed by atoms with van der Waals surface area (Å²) in [4.78, 5) is 0. The molecule has 1 aromatic rings. The molecule has 0 spiro atoms. The van der Waals surface area contributed by atoms with E-state index in [1.54, 1.807) is 5.56 Å². The van der Waals surface area contributed by atoms with Crippen molar-refractivity contribution >= 4 is 0 Å². The first-order valence-electron chi connectivity index (χ1n) is 7.12. The smallest absolute Gasteiger partial charge is 0.0813 e. The van der Waals surface area contributed by atoms with E-state index in [1.807, 2.05) is 0 Å². The van der Waals surface area contributed by atoms with E-state index in [9.17, 15) is 0 Å². The Bertz CT molecular complexity index is 344. The predicted octanol–water partition coefficient (Wildman–Crippen LogP) is 4.07. The van der Waals surface area contributed by atoms with E-state index < -0.39 is 0 Å². The maximum Gasteiger partial charge on any atom is 0.0813 e. The Kier molecular flexibility index (Phi) is 3.46. The lowest BCUT2D eigenvalue weighted by Crippen LogP contribution is -2.04. The van der Waals surface area contributed by atoms with E-state index >= 15 is 0 Å². The van der Waals surface area contributed by atoms with E-state index in [1.165, 1.54) is 50.5 Å². The van der Waals surface area contributed by atoms with Gasteiger partial charge in [-0.15, -0.1) is 0 Å². The predicted molar refractivity (Wildman–Crippen MR) is 70.3 cm³/mol. The standard InChI is InChI=1S/C16H22O/c1-2-4-14(5-3-1)15-9-6-13(7-10-15)8-11-16-12-17-16/h6-7,9-10,14,16H,1-5,8,11-12H2. The number of ether oxygens (including phenoxy) is 1. The maximum absolute atomic E-state index is 5.25. The van der Waals surface area contributed by atoms with Gasteiger partial charge in [0.25, 0.3) is 0 Å². The quantitative estimate of drug-likeness (QED) is 0.710. The fourth-order valence-corrected chi connectivity index (χ4v) is 2.95. The zero-order chi connectivity index (χ0) is 11.5. The highest BCUT2D eigenvalue weighted by molar-refractivity contribution is 5.26. The van der Waals surface area contributed by atoms with Crippen LogP contribution < -0.4 is 0 Å². The summed E-state index contributed by atoms with van der Waals surface area (Å²) in [6.07, 6.45) is 10.0. The van der Waals surface area contributed by atoms with Gasteiger partial charge in [-0.2, -0.15) is 0 Å². The molecule has 1 unspecified atom stereocenters. The molecule has 1 aliphatic heterocycles. The Labute approximate surface area is 104 Å². The van der Waals surface area contributed by atoms with Gasteiger partial charge in [0, 0.05) is 0 Å². The van der Waals surface area contributed by atoms with E-state index in [0.29, 0.717) is 6.10 Å². The minimum absolute atomic E-state index is 0.563. The van der Waals surface area contributed by atoms with Crippen LogP contribution in [0.1, 0.15) is 55.6 Å². The van der Waals surface area contributed by atoms with Crippen molar-refractivity contribution in [1.29, 1.82) is 0 Å². The molecule has 1 aromatic carbocycles. The molecule has 1 aliphatic carbocycles. The fraction of sp³-hybridized carbons (Fsp3) is 0.625. The third-order valence-electron chi connectivity index (χ3n) is 4.21. The van der Waals surface area contributed by atoms with Crippen molar-refractivity contribution in [3.63, 3.8) is 0 Å². The largest absolute Gasteiger partial charge is 0.373 e. The molecule has 0 amide bonds. The van der Waals surface area contributed by atoms with Crippen LogP contribution in [0.4, 0.5) is 0 Å². The lowest BCUT2D eigenvalue weighted by molar-refractivity contribution is 0.397. The van der Waals surface area contributed by atoms with Crippen molar-refractivity contribution in [2.45, 2.75) is 57.0 Å². The Balaban J connectivity index is 1.58. The van der Waals surface area contributed by atoms with Gasteiger partial charge < -0.3 is 4.74 Å². The SMILES string of the molecule is c1cc(C2CCCCC2)ccc1CCC1CO1. The van der Waals surface area contributed by atoms with Crippen LogP contribution >= 0.6 is 0 Å². The third-order valence-corrected chi connectivity index (χ3v) is 4.21. The summed E-state index contributed by atoms with van der Waals surface area (Å²) in [6, 6.07) is 9.37. The van der Waals surface area contributed by atoms with Crippen LogP contribution in [0.25, 0.3) is 0 Å². The van der Waals surface area contributed by atoms with Gasteiger partial charge >= 0.3 is 0 Å². The second-order valence-electron chi connectivity index (χ2n) is 5.57. The van der Waals surface area contributed by atoms with E-state index in [2.05, 4.69) is 24.3 Å². The minimum Gasteiger partial charge on any atom is -0.373 e. The molecule has 2 fully saturated rings. The van der Waals surface area contributed by atoms with Gasteiger partial charge in [-0.3, -0.25) is 0 Å². The Hall–Kier alpha value is -0.820. The van der Waals surface area contributed by atoms with Crippen LogP contribution in [0.15, 0.2) is 24.3 Å². The van der Waals surface area contributed by atoms with Gasteiger partial charge in [-0.25, -0.2) is 0 Å². The van der Waals surface area contributed by atoms with Crippen LogP contribution in [0, 0.1) is 0 Å². The summed E-state index contributed by atoms with van der Waals surface area (Å²) in [5.74, 6) is 0.838. The summed E-state index contributed by atoms with van der Waals surface area (Å²) < 4.78 is 5.25. The van der Waals surface area contributed by atoms with Crippen molar-refractivity contribution < 1.29 is 4.74 Å². The normalized spacial score (nSPS) is 24.8. The van der Waals surface area contributed by atoms with Crippen molar-refractivity contribution in [2.24, 2.45) is 0 Å². The molecule has 0 aromatic heterocycles. The number of epoxide rings is 1. The number of rotatable bonds is 4. The topological polar surface area (TPSA) is 12.5 Å². The molecule has 1 heteroatoms. The molecule has 3 rings (SSSR count). The van der Waals surface area contributed by atoms with Gasteiger partial charge in [0.2, 0.25) is 0 Å². The van der Waals surface area contributed by atoms with Crippen molar-refractivity contribution in [3.8, 4) is 0 Å². The molecule has 1 saturated carbocycles. The van der Waals surface area contributed by atoms with Crippen LogP contribution in [0.2, 0.25) is 0 Å². The number of aryl methyl sites for hydroxylation is 1. The van der Waals surface area contributed by atoms with Gasteiger partial charge in [0.05, 0.1) is 12.7 Å². The molecular formula is C16H22O. The molecular weight excluding hydrogens is 208 g/mol. The summed E-state index contributed by atoms with van der Waals surface area (Å²) in [5.41, 5.74) is 3.04. The summed E-state index contributed by atoms with van der Waals surface area (Å²) >= 11 is 0. The summed E-state index contributed by atoms with van der Waals surface area (Å²) in [6.45, 7) is 0.986. The van der Waals surface area contributed by atoms with Crippen molar-refractivity contribution in [2.75, 3.05) is 6.61 Å². The average molecular weight is 230 g/mol. The molecule has 17 heavy (non-hydrogen) atoms. The second-order valence-corrected chi connectivity index (χ2v) is 5.57. The first kappa shape index (κ1) is 11.3. The number of benzene rings is 1. The highest BCUT2D eigenvalue weighted by Crippen LogP contribution is 2.32. The van der Waals surface area contributed by atoms with Crippen molar-refractivity contribution in [3.05, 3.63) is 35.4 Å². The number of hydrogen-bond acceptors (Lipinski definition) is 1. The van der Waals surface area contributed by atoms with Gasteiger partial charge in [-0.1, -0.05) is 43.5 Å². The second kappa shape index (κ2) is 5.22. The molecule has 1 nitrogen and oxygen atoms in total. The van der Waals surface area contributed by atoms with Crippen LogP contribution in [0.5, 0.6) is 0 Å². The van der Waals surface area contributed by atoms with Crippen molar-refractivity contribution in [1.82, 2.24) is 0 Å².